The number of hydrogen-bond acceptors (Lipinski definition) is 8. The third-order valence-corrected chi connectivity index (χ3v) is 8.02. The summed E-state index contributed by atoms with van der Waals surface area (Å²) in [5.74, 6) is 0.327. The molecule has 1 N–H and O–H groups in total. The maximum atomic E-state index is 12.8. The van der Waals surface area contributed by atoms with Crippen LogP contribution in [0.25, 0.3) is 0 Å². The van der Waals surface area contributed by atoms with Crippen molar-refractivity contribution in [2.24, 2.45) is 0 Å². The number of ether oxygens (including phenoxy) is 2. The molecule has 8 nitrogen and oxygen atoms in total. The number of nitrogens with one attached hydrogen (secondary N) is 1. The van der Waals surface area contributed by atoms with E-state index in [0.717, 1.165) is 86.9 Å². The van der Waals surface area contributed by atoms with Gasteiger partial charge in [0.05, 0.1) is 48.8 Å². The quantitative estimate of drug-likeness (QED) is 0.357. The van der Waals surface area contributed by atoms with Crippen LogP contribution in [0.15, 0.2) is 29.6 Å². The van der Waals surface area contributed by atoms with E-state index in [9.17, 15) is 9.59 Å². The number of anilines is 2. The molecule has 0 radical (unpaired) electrons. The summed E-state index contributed by atoms with van der Waals surface area (Å²) in [7, 11) is 1.44. The number of thiazole rings is 1. The Hall–Kier alpha value is -2.49. The molecule has 2 saturated heterocycles. The highest BCUT2D eigenvalue weighted by atomic mass is 32.1. The number of esters is 1. The first-order chi connectivity index (χ1) is 17.6. The van der Waals surface area contributed by atoms with Crippen LogP contribution in [0.3, 0.4) is 0 Å². The van der Waals surface area contributed by atoms with Crippen molar-refractivity contribution < 1.29 is 19.1 Å². The Bertz CT molecular complexity index is 984. The fourth-order valence-electron chi connectivity index (χ4n) is 4.90. The van der Waals surface area contributed by atoms with Crippen molar-refractivity contribution in [2.75, 3.05) is 63.3 Å². The van der Waals surface area contributed by atoms with Crippen molar-refractivity contribution in [3.8, 4) is 0 Å². The number of benzene rings is 1. The summed E-state index contributed by atoms with van der Waals surface area (Å²) in [5, 5.41) is 6.29. The van der Waals surface area contributed by atoms with E-state index in [4.69, 9.17) is 14.5 Å². The van der Waals surface area contributed by atoms with Crippen molar-refractivity contribution in [3.05, 3.63) is 40.3 Å². The van der Waals surface area contributed by atoms with Crippen molar-refractivity contribution in [1.29, 1.82) is 0 Å². The van der Waals surface area contributed by atoms with Gasteiger partial charge in [-0.3, -0.25) is 9.59 Å². The largest absolute Gasteiger partial charge is 0.469 e. The molecule has 0 unspecified atom stereocenters. The Kier molecular flexibility index (Phi) is 10.1. The van der Waals surface area contributed by atoms with Gasteiger partial charge in [0.15, 0.2) is 0 Å². The number of unbranched alkanes of at least 4 members (excludes halogenated alkanes) is 2. The number of amides is 1. The number of nitrogens with zero attached hydrogens (tertiary/aromatic N) is 3. The van der Waals surface area contributed by atoms with E-state index in [1.807, 2.05) is 23.6 Å². The molecule has 196 valence electrons. The lowest BCUT2D eigenvalue weighted by Gasteiger charge is -2.31. The van der Waals surface area contributed by atoms with Gasteiger partial charge in [-0.25, -0.2) is 4.98 Å². The first-order valence-corrected chi connectivity index (χ1v) is 14.0. The molecule has 4 rings (SSSR count). The molecule has 1 amide bonds. The van der Waals surface area contributed by atoms with Gasteiger partial charge in [-0.15, -0.1) is 11.3 Å². The number of para-hydroxylation sites is 2. The normalized spacial score (nSPS) is 17.2. The van der Waals surface area contributed by atoms with Gasteiger partial charge in [0.2, 0.25) is 5.91 Å². The predicted octanol–water partition coefficient (Wildman–Crippen LogP) is 4.07. The Labute approximate surface area is 218 Å². The molecule has 2 aromatic rings. The maximum absolute atomic E-state index is 12.8. The Morgan fingerprint density at radius 1 is 1.11 bits per heavy atom. The van der Waals surface area contributed by atoms with Crippen LogP contribution in [-0.2, 0) is 25.5 Å². The molecular weight excluding hydrogens is 476 g/mol. The molecular formula is C27H38N4O4S. The number of likely N-dealkylation sites (tertiary alicyclic amines) is 1. The van der Waals surface area contributed by atoms with Crippen LogP contribution in [0.4, 0.5) is 11.4 Å². The summed E-state index contributed by atoms with van der Waals surface area (Å²) in [4.78, 5) is 33.6. The average molecular weight is 515 g/mol. The van der Waals surface area contributed by atoms with Gasteiger partial charge in [-0.1, -0.05) is 18.6 Å². The lowest BCUT2D eigenvalue weighted by Crippen LogP contribution is -2.36. The van der Waals surface area contributed by atoms with Gasteiger partial charge in [-0.2, -0.15) is 0 Å². The van der Waals surface area contributed by atoms with E-state index in [2.05, 4.69) is 21.2 Å². The van der Waals surface area contributed by atoms with Gasteiger partial charge < -0.3 is 24.6 Å². The first kappa shape index (κ1) is 26.6. The smallest absolute Gasteiger partial charge is 0.305 e. The summed E-state index contributed by atoms with van der Waals surface area (Å²) < 4.78 is 10.2. The van der Waals surface area contributed by atoms with E-state index in [1.54, 1.807) is 11.3 Å². The second-order valence-corrected chi connectivity index (χ2v) is 10.4. The molecule has 2 aliphatic heterocycles. The summed E-state index contributed by atoms with van der Waals surface area (Å²) in [6.07, 6.45) is 6.10. The van der Waals surface area contributed by atoms with Crippen LogP contribution < -0.4 is 10.2 Å². The molecule has 0 aliphatic carbocycles. The van der Waals surface area contributed by atoms with Crippen molar-refractivity contribution in [3.63, 3.8) is 0 Å². The molecule has 0 bridgehead atoms. The lowest BCUT2D eigenvalue weighted by atomic mass is 9.97. The summed E-state index contributed by atoms with van der Waals surface area (Å²) >= 11 is 1.69. The van der Waals surface area contributed by atoms with Crippen LogP contribution in [0.2, 0.25) is 0 Å². The number of methoxy groups -OCH3 is 1. The number of morpholine rings is 1. The van der Waals surface area contributed by atoms with Gasteiger partial charge >= 0.3 is 5.97 Å². The highest BCUT2D eigenvalue weighted by molar-refractivity contribution is 7.09. The zero-order valence-corrected chi connectivity index (χ0v) is 22.1. The fraction of sp³-hybridized carbons (Fsp3) is 0.593. The number of piperidine rings is 1. The predicted molar refractivity (Wildman–Crippen MR) is 143 cm³/mol. The topological polar surface area (TPSA) is 84.0 Å². The molecule has 0 spiro atoms. The summed E-state index contributed by atoms with van der Waals surface area (Å²) in [6.45, 7) is 6.32. The van der Waals surface area contributed by atoms with Crippen LogP contribution in [0.5, 0.6) is 0 Å². The number of carbonyl (C=O) groups excluding carboxylic acids is 2. The molecule has 2 fully saturated rings. The van der Waals surface area contributed by atoms with Crippen LogP contribution in [0, 0.1) is 0 Å². The Morgan fingerprint density at radius 3 is 2.67 bits per heavy atom. The van der Waals surface area contributed by atoms with E-state index in [1.165, 1.54) is 7.11 Å². The van der Waals surface area contributed by atoms with E-state index < -0.39 is 0 Å². The fourth-order valence-corrected chi connectivity index (χ4v) is 5.89. The van der Waals surface area contributed by atoms with Crippen molar-refractivity contribution >= 4 is 34.6 Å². The molecule has 2 aliphatic rings. The number of rotatable bonds is 11. The van der Waals surface area contributed by atoms with Gasteiger partial charge in [0, 0.05) is 30.8 Å². The molecule has 9 heteroatoms. The third kappa shape index (κ3) is 7.75. The van der Waals surface area contributed by atoms with Gasteiger partial charge in [0.25, 0.3) is 0 Å². The van der Waals surface area contributed by atoms with E-state index in [-0.39, 0.29) is 11.9 Å². The highest BCUT2D eigenvalue weighted by Crippen LogP contribution is 2.31. The molecule has 1 aromatic heterocycles. The molecule has 3 heterocycles. The molecule has 36 heavy (non-hydrogen) atoms. The standard InChI is InChI=1S/C27H38N4O4S/c1-34-26(33)9-3-2-6-12-30-13-10-21(11-14-30)27-28-22(20-36-27)19-25(32)29-23-7-4-5-8-24(23)31-15-17-35-18-16-31/h4-5,7-8,20-21H,2-3,6,9-19H2,1H3,(H,29,32). The Balaban J connectivity index is 1.20. The molecule has 1 aromatic carbocycles. The monoisotopic (exact) mass is 514 g/mol. The maximum Gasteiger partial charge on any atom is 0.305 e. The van der Waals surface area contributed by atoms with Crippen LogP contribution in [-0.4, -0.2) is 74.8 Å². The lowest BCUT2D eigenvalue weighted by molar-refractivity contribution is -0.140. The van der Waals surface area contributed by atoms with Crippen molar-refractivity contribution in [1.82, 2.24) is 9.88 Å². The van der Waals surface area contributed by atoms with E-state index >= 15 is 0 Å². The second-order valence-electron chi connectivity index (χ2n) is 9.52. The molecule has 0 saturated carbocycles. The zero-order chi connectivity index (χ0) is 25.2. The van der Waals surface area contributed by atoms with Gasteiger partial charge in [-0.05, 0) is 57.5 Å². The molecule has 0 atom stereocenters. The van der Waals surface area contributed by atoms with Crippen LogP contribution >= 0.6 is 11.3 Å². The SMILES string of the molecule is COC(=O)CCCCCN1CCC(c2nc(CC(=O)Nc3ccccc3N3CCOCC3)cs2)CC1. The summed E-state index contributed by atoms with van der Waals surface area (Å²) in [5.41, 5.74) is 2.74. The first-order valence-electron chi connectivity index (χ1n) is 13.1. The minimum absolute atomic E-state index is 0.0328. The minimum Gasteiger partial charge on any atom is -0.469 e. The summed E-state index contributed by atoms with van der Waals surface area (Å²) in [6, 6.07) is 7.97. The average Bonchev–Trinajstić information content (AvgIpc) is 3.37. The number of carbonyl (C=O) groups is 2. The van der Waals surface area contributed by atoms with E-state index in [0.29, 0.717) is 32.0 Å². The number of hydrogen-bond donors (Lipinski definition) is 1. The highest BCUT2D eigenvalue weighted by Gasteiger charge is 2.23. The Morgan fingerprint density at radius 2 is 1.89 bits per heavy atom. The van der Waals surface area contributed by atoms with Crippen molar-refractivity contribution in [2.45, 2.75) is 50.9 Å². The number of aromatic nitrogens is 1. The van der Waals surface area contributed by atoms with Crippen LogP contribution in [0.1, 0.15) is 55.1 Å². The third-order valence-electron chi connectivity index (χ3n) is 6.96. The van der Waals surface area contributed by atoms with Gasteiger partial charge in [0.1, 0.15) is 0 Å². The minimum atomic E-state index is -0.117. The zero-order valence-electron chi connectivity index (χ0n) is 21.2. The second kappa shape index (κ2) is 13.7.